The van der Waals surface area contributed by atoms with Gasteiger partial charge in [-0.2, -0.15) is 13.2 Å². The maximum absolute atomic E-state index is 12.2. The van der Waals surface area contributed by atoms with E-state index in [1.54, 1.807) is 0 Å². The summed E-state index contributed by atoms with van der Waals surface area (Å²) in [6, 6.07) is 1.73. The van der Waals surface area contributed by atoms with E-state index in [4.69, 9.17) is 5.11 Å². The third kappa shape index (κ3) is 4.94. The number of nitrogens with one attached hydrogen (secondary N) is 1. The quantitative estimate of drug-likeness (QED) is 0.802. The van der Waals surface area contributed by atoms with E-state index in [2.05, 4.69) is 10.3 Å². The number of carboxylic acid groups (broad SMARTS) is 1. The molecular formula is C11H11F3N2O3. The fraction of sp³-hybridized carbons (Fsp3) is 0.364. The number of carboxylic acids is 1. The van der Waals surface area contributed by atoms with Crippen molar-refractivity contribution in [1.82, 2.24) is 10.3 Å². The van der Waals surface area contributed by atoms with Gasteiger partial charge in [0.2, 0.25) is 0 Å². The summed E-state index contributed by atoms with van der Waals surface area (Å²) >= 11 is 0. The molecular weight excluding hydrogens is 265 g/mol. The van der Waals surface area contributed by atoms with Crippen LogP contribution in [0.15, 0.2) is 18.3 Å². The Labute approximate surface area is 106 Å². The molecule has 1 aromatic rings. The molecule has 0 unspecified atom stereocenters. The molecule has 1 rings (SSSR count). The van der Waals surface area contributed by atoms with Gasteiger partial charge in [-0.05, 0) is 18.6 Å². The van der Waals surface area contributed by atoms with Crippen LogP contribution in [0.5, 0.6) is 0 Å². The molecule has 5 nitrogen and oxygen atoms in total. The number of aliphatic carboxylic acids is 1. The molecule has 1 aromatic heterocycles. The van der Waals surface area contributed by atoms with Gasteiger partial charge in [-0.3, -0.25) is 14.6 Å². The molecule has 0 saturated carbocycles. The molecule has 0 aliphatic carbocycles. The number of hydrogen-bond donors (Lipinski definition) is 2. The predicted octanol–water partition coefficient (Wildman–Crippen LogP) is 1.70. The van der Waals surface area contributed by atoms with E-state index < -0.39 is 23.7 Å². The molecule has 0 atom stereocenters. The van der Waals surface area contributed by atoms with Gasteiger partial charge in [-0.25, -0.2) is 0 Å². The summed E-state index contributed by atoms with van der Waals surface area (Å²) in [5, 5.41) is 10.8. The molecule has 0 aromatic carbocycles. The SMILES string of the molecule is O=C(O)CCCNC(=O)c1ccc(C(F)(F)F)nc1. The summed E-state index contributed by atoms with van der Waals surface area (Å²) < 4.78 is 36.7. The molecule has 0 aliphatic rings. The minimum absolute atomic E-state index is 0.0108. The summed E-state index contributed by atoms with van der Waals surface area (Å²) in [4.78, 5) is 24.8. The van der Waals surface area contributed by atoms with Gasteiger partial charge >= 0.3 is 12.1 Å². The molecule has 104 valence electrons. The highest BCUT2D eigenvalue weighted by atomic mass is 19.4. The first-order chi connectivity index (χ1) is 8.80. The number of aromatic nitrogens is 1. The number of rotatable bonds is 5. The van der Waals surface area contributed by atoms with Gasteiger partial charge in [0.1, 0.15) is 5.69 Å². The summed E-state index contributed by atoms with van der Waals surface area (Å²) in [7, 11) is 0. The van der Waals surface area contributed by atoms with Crippen molar-refractivity contribution in [2.45, 2.75) is 19.0 Å². The van der Waals surface area contributed by atoms with Crippen molar-refractivity contribution in [3.8, 4) is 0 Å². The standard InChI is InChI=1S/C11H11F3N2O3/c12-11(13,14)8-4-3-7(6-16-8)10(19)15-5-1-2-9(17)18/h3-4,6H,1-2,5H2,(H,15,19)(H,17,18). The molecule has 8 heteroatoms. The molecule has 0 saturated heterocycles. The van der Waals surface area contributed by atoms with E-state index in [0.717, 1.165) is 12.3 Å². The average molecular weight is 276 g/mol. The fourth-order valence-electron chi connectivity index (χ4n) is 1.24. The highest BCUT2D eigenvalue weighted by Crippen LogP contribution is 2.27. The summed E-state index contributed by atoms with van der Waals surface area (Å²) in [5.41, 5.74) is -1.08. The van der Waals surface area contributed by atoms with Crippen LogP contribution in [0.3, 0.4) is 0 Å². The van der Waals surface area contributed by atoms with Gasteiger partial charge in [0.25, 0.3) is 5.91 Å². The zero-order chi connectivity index (χ0) is 14.5. The number of halogens is 3. The van der Waals surface area contributed by atoms with Crippen LogP contribution in [-0.4, -0.2) is 28.5 Å². The first kappa shape index (κ1) is 14.9. The highest BCUT2D eigenvalue weighted by Gasteiger charge is 2.32. The topological polar surface area (TPSA) is 79.3 Å². The number of carbonyl (C=O) groups is 2. The van der Waals surface area contributed by atoms with Crippen LogP contribution in [-0.2, 0) is 11.0 Å². The minimum Gasteiger partial charge on any atom is -0.481 e. The number of hydrogen-bond acceptors (Lipinski definition) is 3. The molecule has 0 radical (unpaired) electrons. The minimum atomic E-state index is -4.55. The molecule has 0 fully saturated rings. The van der Waals surface area contributed by atoms with Crippen LogP contribution in [0.25, 0.3) is 0 Å². The molecule has 2 N–H and O–H groups in total. The van der Waals surface area contributed by atoms with Crippen LogP contribution >= 0.6 is 0 Å². The normalized spacial score (nSPS) is 11.1. The molecule has 1 heterocycles. The van der Waals surface area contributed by atoms with Crippen molar-refractivity contribution in [2.75, 3.05) is 6.54 Å². The lowest BCUT2D eigenvalue weighted by molar-refractivity contribution is -0.141. The van der Waals surface area contributed by atoms with Crippen molar-refractivity contribution in [3.63, 3.8) is 0 Å². The first-order valence-corrected chi connectivity index (χ1v) is 5.34. The van der Waals surface area contributed by atoms with Crippen LogP contribution in [0.2, 0.25) is 0 Å². The highest BCUT2D eigenvalue weighted by molar-refractivity contribution is 5.93. The van der Waals surface area contributed by atoms with Crippen molar-refractivity contribution >= 4 is 11.9 Å². The van der Waals surface area contributed by atoms with Crippen molar-refractivity contribution in [3.05, 3.63) is 29.6 Å². The third-order valence-electron chi connectivity index (χ3n) is 2.17. The Balaban J connectivity index is 2.52. The zero-order valence-electron chi connectivity index (χ0n) is 9.70. The Bertz CT molecular complexity index is 457. The lowest BCUT2D eigenvalue weighted by Gasteiger charge is -2.07. The molecule has 1 amide bonds. The van der Waals surface area contributed by atoms with Gasteiger partial charge in [0.15, 0.2) is 0 Å². The maximum atomic E-state index is 12.2. The van der Waals surface area contributed by atoms with Crippen molar-refractivity contribution in [2.24, 2.45) is 0 Å². The van der Waals surface area contributed by atoms with Gasteiger partial charge in [0, 0.05) is 19.2 Å². The molecule has 0 aliphatic heterocycles. The average Bonchev–Trinajstić information content (AvgIpc) is 2.33. The summed E-state index contributed by atoms with van der Waals surface area (Å²) in [6.45, 7) is 0.131. The van der Waals surface area contributed by atoms with E-state index in [9.17, 15) is 22.8 Å². The van der Waals surface area contributed by atoms with E-state index in [-0.39, 0.29) is 24.9 Å². The van der Waals surface area contributed by atoms with Crippen LogP contribution < -0.4 is 5.32 Å². The van der Waals surface area contributed by atoms with Gasteiger partial charge in [0.05, 0.1) is 5.56 Å². The second kappa shape index (κ2) is 6.17. The molecule has 19 heavy (non-hydrogen) atoms. The fourth-order valence-corrected chi connectivity index (χ4v) is 1.24. The first-order valence-electron chi connectivity index (χ1n) is 5.34. The van der Waals surface area contributed by atoms with Gasteiger partial charge in [-0.15, -0.1) is 0 Å². The Morgan fingerprint density at radius 1 is 1.32 bits per heavy atom. The van der Waals surface area contributed by atoms with Crippen molar-refractivity contribution in [1.29, 1.82) is 0 Å². The van der Waals surface area contributed by atoms with Crippen LogP contribution in [0.4, 0.5) is 13.2 Å². The second-order valence-electron chi connectivity index (χ2n) is 3.68. The predicted molar refractivity (Wildman–Crippen MR) is 58.4 cm³/mol. The number of pyridine rings is 1. The van der Waals surface area contributed by atoms with E-state index in [1.165, 1.54) is 0 Å². The lowest BCUT2D eigenvalue weighted by Crippen LogP contribution is -2.25. The second-order valence-corrected chi connectivity index (χ2v) is 3.68. The smallest absolute Gasteiger partial charge is 0.433 e. The number of nitrogens with zero attached hydrogens (tertiary/aromatic N) is 1. The lowest BCUT2D eigenvalue weighted by atomic mass is 10.2. The molecule has 0 bridgehead atoms. The van der Waals surface area contributed by atoms with E-state index in [0.29, 0.717) is 6.07 Å². The Hall–Kier alpha value is -2.12. The zero-order valence-corrected chi connectivity index (χ0v) is 9.70. The summed E-state index contributed by atoms with van der Waals surface area (Å²) in [5.74, 6) is -1.57. The van der Waals surface area contributed by atoms with Crippen LogP contribution in [0.1, 0.15) is 28.9 Å². The van der Waals surface area contributed by atoms with E-state index >= 15 is 0 Å². The Morgan fingerprint density at radius 3 is 2.47 bits per heavy atom. The number of amides is 1. The van der Waals surface area contributed by atoms with Gasteiger partial charge in [-0.1, -0.05) is 0 Å². The van der Waals surface area contributed by atoms with Crippen LogP contribution in [0, 0.1) is 0 Å². The largest absolute Gasteiger partial charge is 0.481 e. The Kier molecular flexibility index (Phi) is 4.85. The van der Waals surface area contributed by atoms with Gasteiger partial charge < -0.3 is 10.4 Å². The third-order valence-corrected chi connectivity index (χ3v) is 2.17. The van der Waals surface area contributed by atoms with Crippen molar-refractivity contribution < 1.29 is 27.9 Å². The Morgan fingerprint density at radius 2 is 2.00 bits per heavy atom. The van der Waals surface area contributed by atoms with E-state index in [1.807, 2.05) is 0 Å². The summed E-state index contributed by atoms with van der Waals surface area (Å²) in [6.07, 6.45) is -3.56. The molecule has 0 spiro atoms. The monoisotopic (exact) mass is 276 g/mol. The number of carbonyl (C=O) groups excluding carboxylic acids is 1. The maximum Gasteiger partial charge on any atom is 0.433 e. The number of alkyl halides is 3.